The number of phenols is 1. The number of aromatic hydroxyl groups is 1. The Hall–Kier alpha value is -3.87. The summed E-state index contributed by atoms with van der Waals surface area (Å²) in [7, 11) is 1.53. The lowest BCUT2D eigenvalue weighted by Gasteiger charge is -2.11. The largest absolute Gasteiger partial charge is 0.504 e. The van der Waals surface area contributed by atoms with Gasteiger partial charge in [0.05, 0.1) is 7.11 Å². The lowest BCUT2D eigenvalue weighted by atomic mass is 10.1. The van der Waals surface area contributed by atoms with Crippen LogP contribution < -0.4 is 19.5 Å². The number of benzene rings is 2. The molecule has 0 saturated heterocycles. The molecule has 5 rings (SSSR count). The topological polar surface area (TPSA) is 77.3 Å². The standard InChI is InChI=1S/C22H19N3O4/c1-13-7-8-25-20(9-13)24-21(14-3-5-16(26)18(10-14)27-2)22(25)23-15-4-6-17-19(11-15)29-12-28-17/h3-11,23,26H,12H2,1-2H3. The van der Waals surface area contributed by atoms with Crippen LogP contribution in [0.1, 0.15) is 5.56 Å². The van der Waals surface area contributed by atoms with Crippen LogP contribution in [0.5, 0.6) is 23.0 Å². The van der Waals surface area contributed by atoms with Crippen molar-refractivity contribution in [3.8, 4) is 34.3 Å². The third-order valence-corrected chi connectivity index (χ3v) is 4.87. The smallest absolute Gasteiger partial charge is 0.231 e. The summed E-state index contributed by atoms with van der Waals surface area (Å²) in [6, 6.07) is 15.0. The van der Waals surface area contributed by atoms with E-state index in [4.69, 9.17) is 19.2 Å². The van der Waals surface area contributed by atoms with Crippen molar-refractivity contribution in [2.45, 2.75) is 6.92 Å². The normalized spacial score (nSPS) is 12.3. The Balaban J connectivity index is 1.66. The number of hydrogen-bond donors (Lipinski definition) is 2. The highest BCUT2D eigenvalue weighted by Crippen LogP contribution is 2.38. The molecule has 0 aliphatic carbocycles. The molecule has 0 bridgehead atoms. The van der Waals surface area contributed by atoms with Crippen molar-refractivity contribution in [3.63, 3.8) is 0 Å². The Morgan fingerprint density at radius 3 is 2.79 bits per heavy atom. The molecule has 0 atom stereocenters. The van der Waals surface area contributed by atoms with E-state index >= 15 is 0 Å². The molecule has 4 aromatic rings. The highest BCUT2D eigenvalue weighted by atomic mass is 16.7. The zero-order valence-electron chi connectivity index (χ0n) is 16.0. The summed E-state index contributed by atoms with van der Waals surface area (Å²) in [5, 5.41) is 13.4. The Kier molecular flexibility index (Phi) is 3.94. The number of imidazole rings is 1. The van der Waals surface area contributed by atoms with Crippen LogP contribution in [0.15, 0.2) is 54.7 Å². The number of nitrogens with zero attached hydrogens (tertiary/aromatic N) is 2. The number of fused-ring (bicyclic) bond motifs is 2. The number of pyridine rings is 1. The van der Waals surface area contributed by atoms with Crippen LogP contribution in [-0.4, -0.2) is 28.4 Å². The van der Waals surface area contributed by atoms with Crippen molar-refractivity contribution in [2.24, 2.45) is 0 Å². The Morgan fingerprint density at radius 1 is 1.07 bits per heavy atom. The van der Waals surface area contributed by atoms with Gasteiger partial charge in [0.15, 0.2) is 23.0 Å². The van der Waals surface area contributed by atoms with Gasteiger partial charge in [0.1, 0.15) is 17.2 Å². The number of rotatable bonds is 4. The van der Waals surface area contributed by atoms with Crippen molar-refractivity contribution < 1.29 is 19.3 Å². The number of aryl methyl sites for hydroxylation is 1. The molecule has 0 unspecified atom stereocenters. The molecule has 2 N–H and O–H groups in total. The number of ether oxygens (including phenoxy) is 3. The van der Waals surface area contributed by atoms with Crippen LogP contribution in [0, 0.1) is 6.92 Å². The zero-order valence-corrected chi connectivity index (χ0v) is 16.0. The van der Waals surface area contributed by atoms with Crippen LogP contribution in [-0.2, 0) is 0 Å². The second-order valence-electron chi connectivity index (χ2n) is 6.82. The molecule has 1 aliphatic heterocycles. The van der Waals surface area contributed by atoms with Gasteiger partial charge in [-0.3, -0.25) is 4.40 Å². The van der Waals surface area contributed by atoms with Gasteiger partial charge >= 0.3 is 0 Å². The zero-order chi connectivity index (χ0) is 20.0. The minimum Gasteiger partial charge on any atom is -0.504 e. The lowest BCUT2D eigenvalue weighted by molar-refractivity contribution is 0.174. The molecule has 2 aromatic heterocycles. The number of aromatic nitrogens is 2. The minimum absolute atomic E-state index is 0.0844. The molecule has 29 heavy (non-hydrogen) atoms. The van der Waals surface area contributed by atoms with Crippen molar-refractivity contribution in [1.29, 1.82) is 0 Å². The van der Waals surface area contributed by atoms with Crippen molar-refractivity contribution in [3.05, 3.63) is 60.3 Å². The van der Waals surface area contributed by atoms with Crippen LogP contribution in [0.4, 0.5) is 11.5 Å². The van der Waals surface area contributed by atoms with Gasteiger partial charge < -0.3 is 24.6 Å². The predicted molar refractivity (Wildman–Crippen MR) is 109 cm³/mol. The van der Waals surface area contributed by atoms with Gasteiger partial charge in [-0.15, -0.1) is 0 Å². The van der Waals surface area contributed by atoms with E-state index in [1.807, 2.05) is 53.9 Å². The molecule has 3 heterocycles. The Bertz CT molecular complexity index is 1230. The molecule has 0 fully saturated rings. The van der Waals surface area contributed by atoms with Crippen molar-refractivity contribution >= 4 is 17.2 Å². The number of anilines is 2. The molecular formula is C22H19N3O4. The lowest BCUT2D eigenvalue weighted by Crippen LogP contribution is -1.97. The molecule has 146 valence electrons. The molecule has 1 aliphatic rings. The van der Waals surface area contributed by atoms with Gasteiger partial charge in [-0.25, -0.2) is 4.98 Å². The van der Waals surface area contributed by atoms with Crippen LogP contribution >= 0.6 is 0 Å². The highest BCUT2D eigenvalue weighted by Gasteiger charge is 2.18. The molecule has 0 radical (unpaired) electrons. The highest BCUT2D eigenvalue weighted by molar-refractivity contribution is 5.81. The summed E-state index contributed by atoms with van der Waals surface area (Å²) >= 11 is 0. The molecule has 7 heteroatoms. The van der Waals surface area contributed by atoms with Gasteiger partial charge in [-0.2, -0.15) is 0 Å². The van der Waals surface area contributed by atoms with E-state index in [1.54, 1.807) is 12.1 Å². The monoisotopic (exact) mass is 389 g/mol. The number of hydrogen-bond acceptors (Lipinski definition) is 6. The second-order valence-corrected chi connectivity index (χ2v) is 6.82. The van der Waals surface area contributed by atoms with Crippen LogP contribution in [0.2, 0.25) is 0 Å². The minimum atomic E-state index is 0.0844. The van der Waals surface area contributed by atoms with E-state index < -0.39 is 0 Å². The molecule has 0 amide bonds. The van der Waals surface area contributed by atoms with E-state index in [9.17, 15) is 5.11 Å². The van der Waals surface area contributed by atoms with E-state index in [1.165, 1.54) is 7.11 Å². The van der Waals surface area contributed by atoms with E-state index in [0.29, 0.717) is 11.5 Å². The summed E-state index contributed by atoms with van der Waals surface area (Å²) in [5.41, 5.74) is 4.35. The first-order valence-electron chi connectivity index (χ1n) is 9.15. The molecule has 2 aromatic carbocycles. The maximum absolute atomic E-state index is 9.96. The molecule has 7 nitrogen and oxygen atoms in total. The predicted octanol–water partition coefficient (Wildman–Crippen LogP) is 4.50. The van der Waals surface area contributed by atoms with Crippen LogP contribution in [0.25, 0.3) is 16.9 Å². The maximum atomic E-state index is 9.96. The summed E-state index contributed by atoms with van der Waals surface area (Å²) in [5.74, 6) is 2.71. The molecule has 0 saturated carbocycles. The Labute approximate surface area is 167 Å². The number of methoxy groups -OCH3 is 1. The third kappa shape index (κ3) is 2.97. The van der Waals surface area contributed by atoms with Gasteiger partial charge in [0, 0.05) is 23.5 Å². The first-order valence-corrected chi connectivity index (χ1v) is 9.15. The van der Waals surface area contributed by atoms with Crippen molar-refractivity contribution in [2.75, 3.05) is 19.2 Å². The SMILES string of the molecule is COc1cc(-c2nc3cc(C)ccn3c2Nc2ccc3c(c2)OCO3)ccc1O. The Morgan fingerprint density at radius 2 is 1.93 bits per heavy atom. The van der Waals surface area contributed by atoms with Crippen molar-refractivity contribution in [1.82, 2.24) is 9.38 Å². The summed E-state index contributed by atoms with van der Waals surface area (Å²) in [6.07, 6.45) is 1.98. The fourth-order valence-corrected chi connectivity index (χ4v) is 3.40. The average molecular weight is 389 g/mol. The van der Waals surface area contributed by atoms with Gasteiger partial charge in [0.25, 0.3) is 0 Å². The average Bonchev–Trinajstić information content (AvgIpc) is 3.32. The molecular weight excluding hydrogens is 370 g/mol. The number of phenolic OH excluding ortho intramolecular Hbond substituents is 1. The van der Waals surface area contributed by atoms with E-state index in [-0.39, 0.29) is 12.5 Å². The van der Waals surface area contributed by atoms with Crippen LogP contribution in [0.3, 0.4) is 0 Å². The summed E-state index contributed by atoms with van der Waals surface area (Å²) in [4.78, 5) is 4.82. The first-order chi connectivity index (χ1) is 14.1. The van der Waals surface area contributed by atoms with Gasteiger partial charge in [-0.05, 0) is 55.0 Å². The maximum Gasteiger partial charge on any atom is 0.231 e. The van der Waals surface area contributed by atoms with Gasteiger partial charge in [0.2, 0.25) is 6.79 Å². The summed E-state index contributed by atoms with van der Waals surface area (Å²) in [6.45, 7) is 2.26. The quantitative estimate of drug-likeness (QED) is 0.535. The fraction of sp³-hybridized carbons (Fsp3) is 0.136. The second kappa shape index (κ2) is 6.63. The van der Waals surface area contributed by atoms with E-state index in [0.717, 1.165) is 39.7 Å². The molecule has 0 spiro atoms. The first kappa shape index (κ1) is 17.2. The summed E-state index contributed by atoms with van der Waals surface area (Å²) < 4.78 is 18.2. The fourth-order valence-electron chi connectivity index (χ4n) is 3.40. The third-order valence-electron chi connectivity index (χ3n) is 4.87. The van der Waals surface area contributed by atoms with Gasteiger partial charge in [-0.1, -0.05) is 0 Å². The number of nitrogens with one attached hydrogen (secondary N) is 1. The van der Waals surface area contributed by atoms with E-state index in [2.05, 4.69) is 5.32 Å².